The van der Waals surface area contributed by atoms with E-state index in [2.05, 4.69) is 46.5 Å². The molecule has 0 bridgehead atoms. The summed E-state index contributed by atoms with van der Waals surface area (Å²) < 4.78 is 2.00. The molecule has 0 aliphatic carbocycles. The minimum Gasteiger partial charge on any atom is -0.325 e. The predicted molar refractivity (Wildman–Crippen MR) is 139 cm³/mol. The number of halogens is 1. The highest BCUT2D eigenvalue weighted by Crippen LogP contribution is 2.39. The first-order valence-corrected chi connectivity index (χ1v) is 12.6. The van der Waals surface area contributed by atoms with Crippen LogP contribution < -0.4 is 5.32 Å². The van der Waals surface area contributed by atoms with E-state index >= 15 is 0 Å². The van der Waals surface area contributed by atoms with Gasteiger partial charge in [0, 0.05) is 38.6 Å². The molecule has 168 valence electrons. The van der Waals surface area contributed by atoms with Crippen LogP contribution in [0.15, 0.2) is 71.7 Å². The van der Waals surface area contributed by atoms with E-state index in [1.807, 2.05) is 47.9 Å². The Balaban J connectivity index is 1.58. The monoisotopic (exact) mass is 494 g/mol. The number of thioether (sulfide) groups is 1. The number of aryl methyl sites for hydroxylation is 1. The van der Waals surface area contributed by atoms with E-state index in [9.17, 15) is 4.79 Å². The summed E-state index contributed by atoms with van der Waals surface area (Å²) in [6.45, 7) is 8.43. The summed E-state index contributed by atoms with van der Waals surface area (Å²) >= 11 is 9.20. The molecule has 0 saturated heterocycles. The van der Waals surface area contributed by atoms with Gasteiger partial charge < -0.3 is 5.32 Å². The van der Waals surface area contributed by atoms with Gasteiger partial charge in [0.25, 0.3) is 0 Å². The van der Waals surface area contributed by atoms with Crippen molar-refractivity contribution >= 4 is 46.3 Å². The number of allylic oxidation sites excluding steroid dienone is 1. The topological polar surface area (TPSA) is 59.8 Å². The van der Waals surface area contributed by atoms with Gasteiger partial charge in [-0.05, 0) is 37.1 Å². The van der Waals surface area contributed by atoms with Crippen molar-refractivity contribution in [1.82, 2.24) is 14.8 Å². The molecule has 0 unspecified atom stereocenters. The van der Waals surface area contributed by atoms with Crippen molar-refractivity contribution in [2.75, 3.05) is 11.1 Å². The van der Waals surface area contributed by atoms with Crippen molar-refractivity contribution in [3.05, 3.63) is 82.0 Å². The van der Waals surface area contributed by atoms with Crippen LogP contribution in [0.1, 0.15) is 10.4 Å². The Kier molecular flexibility index (Phi) is 7.33. The highest BCUT2D eigenvalue weighted by Gasteiger charge is 2.20. The molecule has 0 fully saturated rings. The fraction of sp³-hybridized carbons (Fsp3) is 0.160. The second kappa shape index (κ2) is 10.4. The van der Waals surface area contributed by atoms with Gasteiger partial charge >= 0.3 is 0 Å². The van der Waals surface area contributed by atoms with E-state index in [4.69, 9.17) is 11.6 Å². The summed E-state index contributed by atoms with van der Waals surface area (Å²) in [5.74, 6) is 0.846. The lowest BCUT2D eigenvalue weighted by atomic mass is 10.0. The lowest BCUT2D eigenvalue weighted by molar-refractivity contribution is -0.113. The van der Waals surface area contributed by atoms with E-state index in [1.54, 1.807) is 17.4 Å². The summed E-state index contributed by atoms with van der Waals surface area (Å²) in [4.78, 5) is 13.8. The molecule has 4 aromatic rings. The number of anilines is 1. The van der Waals surface area contributed by atoms with Crippen LogP contribution in [0.3, 0.4) is 0 Å². The van der Waals surface area contributed by atoms with Gasteiger partial charge in [-0.25, -0.2) is 0 Å². The van der Waals surface area contributed by atoms with E-state index in [-0.39, 0.29) is 11.7 Å². The molecule has 2 aromatic carbocycles. The molecule has 1 amide bonds. The Morgan fingerprint density at radius 2 is 1.97 bits per heavy atom. The van der Waals surface area contributed by atoms with Crippen LogP contribution in [0.25, 0.3) is 22.5 Å². The van der Waals surface area contributed by atoms with Crippen LogP contribution in [-0.4, -0.2) is 26.4 Å². The maximum absolute atomic E-state index is 12.6. The number of hydrogen-bond acceptors (Lipinski definition) is 5. The number of aromatic nitrogens is 3. The first-order chi connectivity index (χ1) is 16.0. The van der Waals surface area contributed by atoms with Crippen molar-refractivity contribution in [3.8, 4) is 22.5 Å². The normalized spacial score (nSPS) is 10.9. The molecule has 0 saturated carbocycles. The third kappa shape index (κ3) is 5.05. The minimum atomic E-state index is -0.128. The average molecular weight is 495 g/mol. The number of nitrogens with zero attached hydrogens (tertiary/aromatic N) is 3. The SMILES string of the molecule is C=CCn1c(SCC(=O)Nc2cccc(Cl)c2C)nnc1-c1csc(C)c1-c1ccccc1. The first kappa shape index (κ1) is 23.3. The number of rotatable bonds is 8. The third-order valence-corrected chi connectivity index (χ3v) is 7.47. The highest BCUT2D eigenvalue weighted by molar-refractivity contribution is 7.99. The number of carbonyl (C=O) groups excluding carboxylic acids is 1. The van der Waals surface area contributed by atoms with Gasteiger partial charge in [-0.3, -0.25) is 9.36 Å². The van der Waals surface area contributed by atoms with Crippen LogP contribution in [0.4, 0.5) is 5.69 Å². The number of hydrogen-bond donors (Lipinski definition) is 1. The van der Waals surface area contributed by atoms with E-state index < -0.39 is 0 Å². The zero-order valence-electron chi connectivity index (χ0n) is 18.3. The first-order valence-electron chi connectivity index (χ1n) is 10.3. The molecule has 5 nitrogen and oxygen atoms in total. The molecule has 1 N–H and O–H groups in total. The standard InChI is InChI=1S/C25H23ClN4OS2/c1-4-13-30-24(19-14-32-17(3)23(19)18-9-6-5-7-10-18)28-29-25(30)33-15-22(31)27-21-12-8-11-20(26)16(21)2/h4-12,14H,1,13,15H2,2-3H3,(H,27,31). The number of carbonyl (C=O) groups is 1. The molecule has 33 heavy (non-hydrogen) atoms. The van der Waals surface area contributed by atoms with E-state index in [0.717, 1.165) is 28.1 Å². The molecule has 4 rings (SSSR count). The summed E-state index contributed by atoms with van der Waals surface area (Å²) in [6.07, 6.45) is 1.81. The van der Waals surface area contributed by atoms with Gasteiger partial charge in [-0.15, -0.1) is 28.1 Å². The maximum atomic E-state index is 12.6. The number of nitrogens with one attached hydrogen (secondary N) is 1. The third-order valence-electron chi connectivity index (χ3n) is 5.18. The van der Waals surface area contributed by atoms with Gasteiger partial charge in [0.15, 0.2) is 11.0 Å². The highest BCUT2D eigenvalue weighted by atomic mass is 35.5. The molecule has 0 radical (unpaired) electrons. The van der Waals surface area contributed by atoms with Crippen LogP contribution in [0.5, 0.6) is 0 Å². The molecule has 8 heteroatoms. The smallest absolute Gasteiger partial charge is 0.234 e. The summed E-state index contributed by atoms with van der Waals surface area (Å²) in [5.41, 5.74) is 4.89. The van der Waals surface area contributed by atoms with Crippen molar-refractivity contribution < 1.29 is 4.79 Å². The Morgan fingerprint density at radius 1 is 1.18 bits per heavy atom. The lowest BCUT2D eigenvalue weighted by Gasteiger charge is -2.11. The summed E-state index contributed by atoms with van der Waals surface area (Å²) in [7, 11) is 0. The molecular formula is C25H23ClN4OS2. The van der Waals surface area contributed by atoms with E-state index in [1.165, 1.54) is 16.6 Å². The molecule has 0 aliphatic rings. The number of amides is 1. The van der Waals surface area contributed by atoms with Crippen molar-refractivity contribution in [2.45, 2.75) is 25.5 Å². The quantitative estimate of drug-likeness (QED) is 0.215. The number of thiophene rings is 1. The van der Waals surface area contributed by atoms with Crippen molar-refractivity contribution in [2.24, 2.45) is 0 Å². The Morgan fingerprint density at radius 3 is 2.73 bits per heavy atom. The molecule has 0 atom stereocenters. The van der Waals surface area contributed by atoms with Crippen LogP contribution in [-0.2, 0) is 11.3 Å². The Labute approximate surface area is 206 Å². The van der Waals surface area contributed by atoms with Crippen molar-refractivity contribution in [3.63, 3.8) is 0 Å². The van der Waals surface area contributed by atoms with E-state index in [0.29, 0.717) is 22.4 Å². The van der Waals surface area contributed by atoms with Crippen molar-refractivity contribution in [1.29, 1.82) is 0 Å². The summed E-state index contributed by atoms with van der Waals surface area (Å²) in [5, 5.41) is 15.2. The summed E-state index contributed by atoms with van der Waals surface area (Å²) in [6, 6.07) is 15.7. The second-order valence-corrected chi connectivity index (χ2v) is 9.83. The Hall–Kier alpha value is -2.87. The predicted octanol–water partition coefficient (Wildman–Crippen LogP) is 6.86. The second-order valence-electron chi connectivity index (χ2n) is 7.40. The Bertz CT molecular complexity index is 1300. The molecular weight excluding hydrogens is 472 g/mol. The molecule has 0 spiro atoms. The molecule has 2 aromatic heterocycles. The maximum Gasteiger partial charge on any atom is 0.234 e. The van der Waals surface area contributed by atoms with Crippen LogP contribution in [0, 0.1) is 13.8 Å². The lowest BCUT2D eigenvalue weighted by Crippen LogP contribution is -2.15. The zero-order chi connectivity index (χ0) is 23.4. The minimum absolute atomic E-state index is 0.128. The zero-order valence-corrected chi connectivity index (χ0v) is 20.7. The fourth-order valence-corrected chi connectivity index (χ4v) is 5.32. The van der Waals surface area contributed by atoms with Gasteiger partial charge in [-0.1, -0.05) is 65.8 Å². The molecule has 0 aliphatic heterocycles. The van der Waals surface area contributed by atoms with Gasteiger partial charge in [0.1, 0.15) is 0 Å². The number of benzene rings is 2. The molecule has 2 heterocycles. The average Bonchev–Trinajstić information content (AvgIpc) is 3.39. The van der Waals surface area contributed by atoms with Gasteiger partial charge in [-0.2, -0.15) is 0 Å². The van der Waals surface area contributed by atoms with Gasteiger partial charge in [0.05, 0.1) is 5.75 Å². The van der Waals surface area contributed by atoms with Crippen LogP contribution >= 0.6 is 34.7 Å². The largest absolute Gasteiger partial charge is 0.325 e. The van der Waals surface area contributed by atoms with Gasteiger partial charge in [0.2, 0.25) is 5.91 Å². The van der Waals surface area contributed by atoms with Crippen LogP contribution in [0.2, 0.25) is 5.02 Å². The fourth-order valence-electron chi connectivity index (χ4n) is 3.53.